The van der Waals surface area contributed by atoms with Gasteiger partial charge in [-0.3, -0.25) is 4.79 Å². The van der Waals surface area contributed by atoms with Crippen molar-refractivity contribution in [1.29, 1.82) is 0 Å². The number of likely N-dealkylation sites (tertiary alicyclic amines) is 1. The summed E-state index contributed by atoms with van der Waals surface area (Å²) in [7, 11) is 1.38. The van der Waals surface area contributed by atoms with Crippen molar-refractivity contribution in [3.63, 3.8) is 0 Å². The average Bonchev–Trinajstić information content (AvgIpc) is 2.82. The van der Waals surface area contributed by atoms with Crippen molar-refractivity contribution < 1.29 is 17.6 Å². The van der Waals surface area contributed by atoms with E-state index in [1.165, 1.54) is 13.0 Å². The first-order chi connectivity index (χ1) is 8.29. The van der Waals surface area contributed by atoms with Gasteiger partial charge in [-0.15, -0.1) is 0 Å². The molecular formula is C11H14ClNO4S. The fourth-order valence-corrected chi connectivity index (χ4v) is 3.18. The number of halogens is 1. The monoisotopic (exact) mass is 291 g/mol. The normalized spacial score (nSPS) is 20.4. The van der Waals surface area contributed by atoms with Crippen LogP contribution in [-0.2, 0) is 9.05 Å². The van der Waals surface area contributed by atoms with Crippen LogP contribution in [0.1, 0.15) is 29.7 Å². The van der Waals surface area contributed by atoms with Crippen molar-refractivity contribution >= 4 is 25.6 Å². The number of hydrogen-bond acceptors (Lipinski definition) is 4. The third-order valence-corrected chi connectivity index (χ3v) is 4.49. The lowest BCUT2D eigenvalue weighted by molar-refractivity contribution is 0.0755. The molecule has 1 aromatic rings. The topological polar surface area (TPSA) is 67.6 Å². The summed E-state index contributed by atoms with van der Waals surface area (Å²) >= 11 is 0. The summed E-state index contributed by atoms with van der Waals surface area (Å²) in [5.41, 5.74) is 0. The van der Waals surface area contributed by atoms with Gasteiger partial charge >= 0.3 is 0 Å². The van der Waals surface area contributed by atoms with Gasteiger partial charge in [-0.05, 0) is 19.3 Å². The number of aryl methyl sites for hydroxylation is 1. The van der Waals surface area contributed by atoms with E-state index >= 15 is 0 Å². The number of carbonyl (C=O) groups is 1. The highest BCUT2D eigenvalue weighted by molar-refractivity contribution is 8.13. The van der Waals surface area contributed by atoms with Gasteiger partial charge in [0.25, 0.3) is 15.0 Å². The molecule has 2 heterocycles. The van der Waals surface area contributed by atoms with E-state index in [0.717, 1.165) is 6.42 Å². The third kappa shape index (κ3) is 2.54. The first-order valence-electron chi connectivity index (χ1n) is 5.63. The number of hydrogen-bond donors (Lipinski definition) is 0. The largest absolute Gasteiger partial charge is 0.455 e. The number of nitrogens with zero attached hydrogens (tertiary/aromatic N) is 1. The maximum Gasteiger partial charge on any atom is 0.289 e. The van der Waals surface area contributed by atoms with Crippen molar-refractivity contribution in [2.75, 3.05) is 13.1 Å². The highest BCUT2D eigenvalue weighted by Gasteiger charge is 2.28. The van der Waals surface area contributed by atoms with E-state index in [2.05, 4.69) is 6.92 Å². The van der Waals surface area contributed by atoms with E-state index in [0.29, 0.717) is 19.0 Å². The van der Waals surface area contributed by atoms with Crippen molar-refractivity contribution in [2.24, 2.45) is 5.92 Å². The molecule has 18 heavy (non-hydrogen) atoms. The zero-order chi connectivity index (χ0) is 13.5. The minimum Gasteiger partial charge on any atom is -0.455 e. The Morgan fingerprint density at radius 2 is 2.22 bits per heavy atom. The van der Waals surface area contributed by atoms with Crippen LogP contribution < -0.4 is 0 Å². The SMILES string of the molecule is Cc1oc(C(=O)N2CC[C@@H](C)C2)cc1S(=O)(=O)Cl. The molecule has 100 valence electrons. The van der Waals surface area contributed by atoms with Gasteiger partial charge in [-0.1, -0.05) is 6.92 Å². The number of rotatable bonds is 2. The summed E-state index contributed by atoms with van der Waals surface area (Å²) in [5.74, 6) is 0.344. The highest BCUT2D eigenvalue weighted by atomic mass is 35.7. The molecule has 0 N–H and O–H groups in total. The average molecular weight is 292 g/mol. The highest BCUT2D eigenvalue weighted by Crippen LogP contribution is 2.25. The van der Waals surface area contributed by atoms with E-state index in [4.69, 9.17) is 15.1 Å². The second-order valence-corrected chi connectivity index (χ2v) is 7.15. The van der Waals surface area contributed by atoms with Crippen LogP contribution >= 0.6 is 10.7 Å². The molecule has 1 fully saturated rings. The Hall–Kier alpha value is -1.01. The molecule has 1 aromatic heterocycles. The first-order valence-corrected chi connectivity index (χ1v) is 7.94. The molecule has 0 unspecified atom stereocenters. The Kier molecular flexibility index (Phi) is 3.42. The zero-order valence-corrected chi connectivity index (χ0v) is 11.7. The molecule has 0 radical (unpaired) electrons. The second-order valence-electron chi connectivity index (χ2n) is 4.61. The molecule has 2 rings (SSSR count). The molecule has 0 bridgehead atoms. The van der Waals surface area contributed by atoms with Crippen LogP contribution in [0, 0.1) is 12.8 Å². The van der Waals surface area contributed by atoms with Crippen LogP contribution in [0.4, 0.5) is 0 Å². The lowest BCUT2D eigenvalue weighted by atomic mass is 10.2. The summed E-state index contributed by atoms with van der Waals surface area (Å²) in [4.78, 5) is 13.6. The molecule has 1 saturated heterocycles. The summed E-state index contributed by atoms with van der Waals surface area (Å²) in [6.07, 6.45) is 0.950. The van der Waals surface area contributed by atoms with E-state index in [9.17, 15) is 13.2 Å². The molecule has 0 spiro atoms. The molecule has 1 aliphatic heterocycles. The Balaban J connectivity index is 2.27. The van der Waals surface area contributed by atoms with Crippen molar-refractivity contribution in [1.82, 2.24) is 4.90 Å². The van der Waals surface area contributed by atoms with Gasteiger partial charge < -0.3 is 9.32 Å². The van der Waals surface area contributed by atoms with Gasteiger partial charge in [0.15, 0.2) is 5.76 Å². The van der Waals surface area contributed by atoms with Crippen molar-refractivity contribution in [2.45, 2.75) is 25.2 Å². The van der Waals surface area contributed by atoms with Crippen LogP contribution in [0.15, 0.2) is 15.4 Å². The molecular weight excluding hydrogens is 278 g/mol. The van der Waals surface area contributed by atoms with Gasteiger partial charge in [0.1, 0.15) is 10.7 Å². The maximum atomic E-state index is 12.1. The third-order valence-electron chi connectivity index (χ3n) is 3.06. The van der Waals surface area contributed by atoms with Crippen LogP contribution in [0.25, 0.3) is 0 Å². The molecule has 0 aliphatic carbocycles. The fourth-order valence-electron chi connectivity index (χ4n) is 2.09. The summed E-state index contributed by atoms with van der Waals surface area (Å²) in [6, 6.07) is 1.20. The summed E-state index contributed by atoms with van der Waals surface area (Å²) in [5, 5.41) is 0. The zero-order valence-electron chi connectivity index (χ0n) is 10.1. The Bertz CT molecular complexity index is 578. The smallest absolute Gasteiger partial charge is 0.289 e. The predicted octanol–water partition coefficient (Wildman–Crippen LogP) is 2.00. The van der Waals surface area contributed by atoms with Gasteiger partial charge in [0, 0.05) is 29.8 Å². The standard InChI is InChI=1S/C11H14ClNO4S/c1-7-3-4-13(6-7)11(14)9-5-10(8(2)17-9)18(12,15)16/h5,7H,3-4,6H2,1-2H3/t7-/m1/s1. The molecule has 1 aliphatic rings. The predicted molar refractivity (Wildman–Crippen MR) is 66.2 cm³/mol. The summed E-state index contributed by atoms with van der Waals surface area (Å²) in [6.45, 7) is 4.87. The van der Waals surface area contributed by atoms with E-state index < -0.39 is 9.05 Å². The van der Waals surface area contributed by atoms with Crippen LogP contribution in [0.2, 0.25) is 0 Å². The molecule has 0 aromatic carbocycles. The Morgan fingerprint density at radius 3 is 2.67 bits per heavy atom. The molecule has 1 amide bonds. The minimum atomic E-state index is -3.87. The molecule has 1 atom stereocenters. The van der Waals surface area contributed by atoms with Crippen LogP contribution in [-0.4, -0.2) is 32.3 Å². The molecule has 7 heteroatoms. The Labute approximate surface area is 110 Å². The first kappa shape index (κ1) is 13.4. The summed E-state index contributed by atoms with van der Waals surface area (Å²) < 4.78 is 27.7. The van der Waals surface area contributed by atoms with Crippen molar-refractivity contribution in [3.8, 4) is 0 Å². The van der Waals surface area contributed by atoms with Crippen LogP contribution in [0.3, 0.4) is 0 Å². The maximum absolute atomic E-state index is 12.1. The minimum absolute atomic E-state index is 0.0285. The van der Waals surface area contributed by atoms with Gasteiger partial charge in [-0.25, -0.2) is 8.42 Å². The lowest BCUT2D eigenvalue weighted by Gasteiger charge is -2.13. The quantitative estimate of drug-likeness (QED) is 0.782. The van der Waals surface area contributed by atoms with E-state index in [1.54, 1.807) is 4.90 Å². The fraction of sp³-hybridized carbons (Fsp3) is 0.545. The van der Waals surface area contributed by atoms with E-state index in [1.807, 2.05) is 0 Å². The van der Waals surface area contributed by atoms with Crippen LogP contribution in [0.5, 0.6) is 0 Å². The lowest BCUT2D eigenvalue weighted by Crippen LogP contribution is -2.28. The Morgan fingerprint density at radius 1 is 1.56 bits per heavy atom. The van der Waals surface area contributed by atoms with Gasteiger partial charge in [0.2, 0.25) is 0 Å². The second kappa shape index (κ2) is 4.59. The number of furan rings is 1. The number of carbonyl (C=O) groups excluding carboxylic acids is 1. The van der Waals surface area contributed by atoms with E-state index in [-0.39, 0.29) is 22.3 Å². The number of amides is 1. The van der Waals surface area contributed by atoms with Gasteiger partial charge in [0.05, 0.1) is 0 Å². The van der Waals surface area contributed by atoms with Crippen molar-refractivity contribution in [3.05, 3.63) is 17.6 Å². The molecule has 5 nitrogen and oxygen atoms in total. The molecule has 0 saturated carbocycles. The van der Waals surface area contributed by atoms with Gasteiger partial charge in [-0.2, -0.15) is 0 Å².